The van der Waals surface area contributed by atoms with Gasteiger partial charge in [-0.1, -0.05) is 40.2 Å². The Balaban J connectivity index is 2.11. The molecule has 82 valence electrons. The van der Waals surface area contributed by atoms with E-state index in [1.807, 2.05) is 48.7 Å². The van der Waals surface area contributed by atoms with E-state index in [2.05, 4.69) is 27.8 Å². The molecule has 0 saturated heterocycles. The molecule has 1 heterocycles. The highest BCUT2D eigenvalue weighted by molar-refractivity contribution is 9.09. The predicted octanol–water partition coefficient (Wildman–Crippen LogP) is 4.33. The molecule has 0 aliphatic rings. The molecule has 0 bridgehead atoms. The highest BCUT2D eigenvalue weighted by atomic mass is 79.9. The summed E-state index contributed by atoms with van der Waals surface area (Å²) in [5.41, 5.74) is 1.14. The summed E-state index contributed by atoms with van der Waals surface area (Å²) >= 11 is 3.49. The van der Waals surface area contributed by atoms with Gasteiger partial charge in [-0.2, -0.15) is 0 Å². The standard InChI is InChI=1S/C13H12BrNO/c1-10(14)11-7-8-13(15-9-11)16-12-5-3-2-4-6-12/h2-10H,1H3. The van der Waals surface area contributed by atoms with E-state index >= 15 is 0 Å². The Morgan fingerprint density at radius 1 is 1.12 bits per heavy atom. The molecule has 2 nitrogen and oxygen atoms in total. The van der Waals surface area contributed by atoms with E-state index in [0.29, 0.717) is 10.7 Å². The van der Waals surface area contributed by atoms with E-state index < -0.39 is 0 Å². The number of ether oxygens (including phenoxy) is 1. The third-order valence-corrected chi connectivity index (χ3v) is 2.71. The van der Waals surface area contributed by atoms with E-state index in [4.69, 9.17) is 4.74 Å². The fourth-order valence-electron chi connectivity index (χ4n) is 1.30. The fourth-order valence-corrected chi connectivity index (χ4v) is 1.57. The minimum absolute atomic E-state index is 0.311. The summed E-state index contributed by atoms with van der Waals surface area (Å²) in [5.74, 6) is 1.41. The van der Waals surface area contributed by atoms with Gasteiger partial charge in [0.1, 0.15) is 5.75 Å². The van der Waals surface area contributed by atoms with Crippen molar-refractivity contribution in [1.29, 1.82) is 0 Å². The number of hydrogen-bond acceptors (Lipinski definition) is 2. The van der Waals surface area contributed by atoms with Gasteiger partial charge < -0.3 is 4.74 Å². The first-order chi connectivity index (χ1) is 7.75. The van der Waals surface area contributed by atoms with Crippen LogP contribution in [0.4, 0.5) is 0 Å². The summed E-state index contributed by atoms with van der Waals surface area (Å²) in [7, 11) is 0. The molecular weight excluding hydrogens is 266 g/mol. The lowest BCUT2D eigenvalue weighted by Crippen LogP contribution is -1.90. The molecule has 16 heavy (non-hydrogen) atoms. The van der Waals surface area contributed by atoms with E-state index in [1.165, 1.54) is 0 Å². The number of aromatic nitrogens is 1. The molecule has 0 N–H and O–H groups in total. The molecule has 1 unspecified atom stereocenters. The van der Waals surface area contributed by atoms with E-state index in [-0.39, 0.29) is 0 Å². The lowest BCUT2D eigenvalue weighted by molar-refractivity contribution is 0.462. The second-order valence-electron chi connectivity index (χ2n) is 3.46. The molecule has 0 fully saturated rings. The van der Waals surface area contributed by atoms with Crippen LogP contribution in [0.25, 0.3) is 0 Å². The normalized spacial score (nSPS) is 12.1. The summed E-state index contributed by atoms with van der Waals surface area (Å²) in [4.78, 5) is 4.55. The Hall–Kier alpha value is -1.35. The monoisotopic (exact) mass is 277 g/mol. The van der Waals surface area contributed by atoms with Crippen LogP contribution in [0.1, 0.15) is 17.3 Å². The van der Waals surface area contributed by atoms with Crippen LogP contribution < -0.4 is 4.74 Å². The molecule has 0 amide bonds. The molecule has 1 aromatic carbocycles. The Kier molecular flexibility index (Phi) is 3.57. The highest BCUT2D eigenvalue weighted by Gasteiger charge is 2.02. The van der Waals surface area contributed by atoms with Gasteiger partial charge in [0.05, 0.1) is 0 Å². The number of nitrogens with zero attached hydrogens (tertiary/aromatic N) is 1. The van der Waals surface area contributed by atoms with E-state index in [9.17, 15) is 0 Å². The van der Waals surface area contributed by atoms with Crippen LogP contribution in [0.2, 0.25) is 0 Å². The van der Waals surface area contributed by atoms with Crippen LogP contribution in [0.3, 0.4) is 0 Å². The van der Waals surface area contributed by atoms with Gasteiger partial charge in [-0.25, -0.2) is 4.98 Å². The van der Waals surface area contributed by atoms with Gasteiger partial charge >= 0.3 is 0 Å². The van der Waals surface area contributed by atoms with Gasteiger partial charge in [-0.3, -0.25) is 0 Å². The van der Waals surface area contributed by atoms with Gasteiger partial charge in [0.2, 0.25) is 5.88 Å². The predicted molar refractivity (Wildman–Crippen MR) is 68.1 cm³/mol. The Labute approximate surface area is 103 Å². The average Bonchev–Trinajstić information content (AvgIpc) is 2.31. The average molecular weight is 278 g/mol. The van der Waals surface area contributed by atoms with Crippen molar-refractivity contribution in [3.8, 4) is 11.6 Å². The van der Waals surface area contributed by atoms with Crippen LogP contribution >= 0.6 is 15.9 Å². The van der Waals surface area contributed by atoms with Crippen LogP contribution in [0.15, 0.2) is 48.7 Å². The lowest BCUT2D eigenvalue weighted by Gasteiger charge is -2.06. The van der Waals surface area contributed by atoms with E-state index in [1.54, 1.807) is 0 Å². The number of pyridine rings is 1. The molecule has 2 aromatic rings. The van der Waals surface area contributed by atoms with Crippen LogP contribution in [0.5, 0.6) is 11.6 Å². The molecule has 0 aliphatic heterocycles. The number of halogens is 1. The number of alkyl halides is 1. The zero-order valence-corrected chi connectivity index (χ0v) is 10.5. The van der Waals surface area contributed by atoms with Crippen molar-refractivity contribution < 1.29 is 4.74 Å². The number of hydrogen-bond donors (Lipinski definition) is 0. The first-order valence-corrected chi connectivity index (χ1v) is 6.00. The van der Waals surface area contributed by atoms with Crippen molar-refractivity contribution in [1.82, 2.24) is 4.98 Å². The third-order valence-electron chi connectivity index (χ3n) is 2.18. The summed E-state index contributed by atoms with van der Waals surface area (Å²) in [6.07, 6.45) is 1.82. The second kappa shape index (κ2) is 5.12. The van der Waals surface area contributed by atoms with Crippen molar-refractivity contribution in [3.63, 3.8) is 0 Å². The minimum Gasteiger partial charge on any atom is -0.439 e. The molecule has 3 heteroatoms. The maximum absolute atomic E-state index is 5.59. The third kappa shape index (κ3) is 2.83. The quantitative estimate of drug-likeness (QED) is 0.779. The van der Waals surface area contributed by atoms with E-state index in [0.717, 1.165) is 11.3 Å². The lowest BCUT2D eigenvalue weighted by atomic mass is 10.2. The first kappa shape index (κ1) is 11.1. The summed E-state index contributed by atoms with van der Waals surface area (Å²) < 4.78 is 5.59. The molecule has 0 aliphatic carbocycles. The van der Waals surface area contributed by atoms with Crippen molar-refractivity contribution in [2.24, 2.45) is 0 Å². The summed E-state index contributed by atoms with van der Waals surface area (Å²) in [6, 6.07) is 13.5. The highest BCUT2D eigenvalue weighted by Crippen LogP contribution is 2.24. The molecule has 2 rings (SSSR count). The molecule has 1 aromatic heterocycles. The van der Waals surface area contributed by atoms with Gasteiger partial charge in [0.25, 0.3) is 0 Å². The second-order valence-corrected chi connectivity index (χ2v) is 4.83. The molecule has 1 atom stereocenters. The minimum atomic E-state index is 0.311. The largest absolute Gasteiger partial charge is 0.439 e. The Morgan fingerprint density at radius 2 is 1.88 bits per heavy atom. The number of para-hydroxylation sites is 1. The van der Waals surface area contributed by atoms with Gasteiger partial charge in [-0.15, -0.1) is 0 Å². The topological polar surface area (TPSA) is 22.1 Å². The molecule has 0 saturated carbocycles. The molecule has 0 spiro atoms. The zero-order chi connectivity index (χ0) is 11.4. The molecule has 0 radical (unpaired) electrons. The van der Waals surface area contributed by atoms with Crippen LogP contribution in [-0.2, 0) is 0 Å². The van der Waals surface area contributed by atoms with Crippen molar-refractivity contribution in [2.45, 2.75) is 11.8 Å². The maximum Gasteiger partial charge on any atom is 0.219 e. The fraction of sp³-hybridized carbons (Fsp3) is 0.154. The van der Waals surface area contributed by atoms with Crippen molar-refractivity contribution in [2.75, 3.05) is 0 Å². The number of rotatable bonds is 3. The zero-order valence-electron chi connectivity index (χ0n) is 8.93. The van der Waals surface area contributed by atoms with Crippen molar-refractivity contribution in [3.05, 3.63) is 54.2 Å². The molecular formula is C13H12BrNO. The van der Waals surface area contributed by atoms with Crippen LogP contribution in [-0.4, -0.2) is 4.98 Å². The van der Waals surface area contributed by atoms with Gasteiger partial charge in [0, 0.05) is 17.1 Å². The van der Waals surface area contributed by atoms with Crippen LogP contribution in [0, 0.1) is 0 Å². The Morgan fingerprint density at radius 3 is 2.44 bits per heavy atom. The Bertz CT molecular complexity index is 439. The SMILES string of the molecule is CC(Br)c1ccc(Oc2ccccc2)nc1. The smallest absolute Gasteiger partial charge is 0.219 e. The summed E-state index contributed by atoms with van der Waals surface area (Å²) in [6.45, 7) is 2.06. The van der Waals surface area contributed by atoms with Crippen molar-refractivity contribution >= 4 is 15.9 Å². The van der Waals surface area contributed by atoms with Gasteiger partial charge in [0.15, 0.2) is 0 Å². The summed E-state index contributed by atoms with van der Waals surface area (Å²) in [5, 5.41) is 0. The van der Waals surface area contributed by atoms with Gasteiger partial charge in [-0.05, 0) is 24.6 Å². The maximum atomic E-state index is 5.59. The first-order valence-electron chi connectivity index (χ1n) is 5.08. The number of benzene rings is 1.